The molecule has 0 aliphatic carbocycles. The Hall–Kier alpha value is -3.04. The fraction of sp³-hybridized carbons (Fsp3) is 0.391. The summed E-state index contributed by atoms with van der Waals surface area (Å²) in [6.07, 6.45) is 1.72. The van der Waals surface area contributed by atoms with E-state index in [-0.39, 0.29) is 11.8 Å². The number of aryl methyl sites for hydroxylation is 1. The van der Waals surface area contributed by atoms with Crippen molar-refractivity contribution in [2.75, 3.05) is 25.0 Å². The van der Waals surface area contributed by atoms with Crippen LogP contribution in [0.15, 0.2) is 40.2 Å². The molecule has 0 saturated carbocycles. The summed E-state index contributed by atoms with van der Waals surface area (Å²) in [4.78, 5) is 32.6. The summed E-state index contributed by atoms with van der Waals surface area (Å²) in [5, 5.41) is 9.04. The Morgan fingerprint density at radius 1 is 1.34 bits per heavy atom. The molecule has 0 spiro atoms. The minimum Gasteiger partial charge on any atom is -0.462 e. The van der Waals surface area contributed by atoms with Gasteiger partial charge >= 0.3 is 5.97 Å². The highest BCUT2D eigenvalue weighted by molar-refractivity contribution is 7.13. The molecule has 9 heteroatoms. The van der Waals surface area contributed by atoms with Crippen LogP contribution in [0.1, 0.15) is 41.6 Å². The van der Waals surface area contributed by atoms with Crippen LogP contribution in [0.3, 0.4) is 0 Å². The molecule has 1 N–H and O–H groups in total. The highest BCUT2D eigenvalue weighted by atomic mass is 32.1. The number of likely N-dealkylation sites (tertiary alicyclic amines) is 1. The molecule has 1 saturated heterocycles. The van der Waals surface area contributed by atoms with E-state index in [9.17, 15) is 9.59 Å². The Morgan fingerprint density at radius 2 is 2.22 bits per heavy atom. The van der Waals surface area contributed by atoms with Crippen molar-refractivity contribution in [1.82, 2.24) is 15.0 Å². The Morgan fingerprint density at radius 3 is 3.00 bits per heavy atom. The first-order chi connectivity index (χ1) is 15.5. The number of nitrogens with one attached hydrogen (secondary N) is 1. The molecule has 2 aromatic heterocycles. The van der Waals surface area contributed by atoms with E-state index >= 15 is 0 Å². The van der Waals surface area contributed by atoms with Crippen molar-refractivity contribution in [2.45, 2.75) is 33.2 Å². The second-order valence-electron chi connectivity index (χ2n) is 7.80. The first-order valence-electron chi connectivity index (χ1n) is 10.7. The lowest BCUT2D eigenvalue weighted by molar-refractivity contribution is -0.121. The molecule has 0 radical (unpaired) electrons. The van der Waals surface area contributed by atoms with Crippen LogP contribution in [0.4, 0.5) is 5.69 Å². The van der Waals surface area contributed by atoms with E-state index in [0.717, 1.165) is 29.8 Å². The third-order valence-electron chi connectivity index (χ3n) is 5.45. The predicted molar refractivity (Wildman–Crippen MR) is 121 cm³/mol. The number of hydrogen-bond acceptors (Lipinski definition) is 8. The van der Waals surface area contributed by atoms with Gasteiger partial charge < -0.3 is 14.6 Å². The Labute approximate surface area is 190 Å². The van der Waals surface area contributed by atoms with Gasteiger partial charge in [0.05, 0.1) is 29.5 Å². The molecule has 3 heterocycles. The average molecular weight is 455 g/mol. The fourth-order valence-electron chi connectivity index (χ4n) is 3.76. The van der Waals surface area contributed by atoms with E-state index in [4.69, 9.17) is 9.26 Å². The van der Waals surface area contributed by atoms with Gasteiger partial charge in [-0.3, -0.25) is 9.69 Å². The van der Waals surface area contributed by atoms with Crippen LogP contribution in [0.5, 0.6) is 0 Å². The van der Waals surface area contributed by atoms with Gasteiger partial charge in [0.15, 0.2) is 0 Å². The number of benzene rings is 1. The predicted octanol–water partition coefficient (Wildman–Crippen LogP) is 4.13. The number of amides is 1. The van der Waals surface area contributed by atoms with Gasteiger partial charge in [0, 0.05) is 12.2 Å². The summed E-state index contributed by atoms with van der Waals surface area (Å²) in [6.45, 7) is 5.97. The van der Waals surface area contributed by atoms with Crippen LogP contribution in [0.2, 0.25) is 0 Å². The number of nitrogens with zero attached hydrogens (tertiary/aromatic N) is 3. The molecular weight excluding hydrogens is 428 g/mol. The number of piperidine rings is 1. The number of thiophene rings is 1. The molecule has 4 rings (SSSR count). The minimum absolute atomic E-state index is 0.0522. The lowest BCUT2D eigenvalue weighted by Crippen LogP contribution is -2.40. The van der Waals surface area contributed by atoms with Gasteiger partial charge in [-0.05, 0) is 62.4 Å². The van der Waals surface area contributed by atoms with E-state index in [0.29, 0.717) is 42.7 Å². The SMILES string of the molecule is CCOC(=O)c1ccc(C)c(NC(=O)C2CCCN(Cc3nc(-c4cccs4)no3)C2)c1. The first kappa shape index (κ1) is 22.2. The van der Waals surface area contributed by atoms with E-state index in [1.807, 2.05) is 30.5 Å². The van der Waals surface area contributed by atoms with E-state index in [2.05, 4.69) is 20.4 Å². The molecule has 0 bridgehead atoms. The van der Waals surface area contributed by atoms with Crippen molar-refractivity contribution in [3.8, 4) is 10.7 Å². The number of aromatic nitrogens is 2. The molecule has 1 aliphatic rings. The van der Waals surface area contributed by atoms with Crippen LogP contribution < -0.4 is 5.32 Å². The van der Waals surface area contributed by atoms with Crippen molar-refractivity contribution in [2.24, 2.45) is 5.92 Å². The second-order valence-corrected chi connectivity index (χ2v) is 8.75. The van der Waals surface area contributed by atoms with Gasteiger partial charge in [-0.2, -0.15) is 4.98 Å². The van der Waals surface area contributed by atoms with Gasteiger partial charge in [-0.15, -0.1) is 11.3 Å². The highest BCUT2D eigenvalue weighted by Gasteiger charge is 2.27. The van der Waals surface area contributed by atoms with Crippen LogP contribution in [-0.4, -0.2) is 46.6 Å². The molecule has 3 aromatic rings. The quantitative estimate of drug-likeness (QED) is 0.536. The third kappa shape index (κ3) is 5.23. The van der Waals surface area contributed by atoms with Gasteiger partial charge in [0.1, 0.15) is 0 Å². The zero-order valence-electron chi connectivity index (χ0n) is 18.2. The summed E-state index contributed by atoms with van der Waals surface area (Å²) < 4.78 is 10.5. The van der Waals surface area contributed by atoms with Gasteiger partial charge in [0.25, 0.3) is 0 Å². The molecule has 8 nitrogen and oxygen atoms in total. The zero-order chi connectivity index (χ0) is 22.5. The standard InChI is InChI=1S/C23H26N4O4S/c1-3-30-23(29)16-9-8-15(2)18(12-16)24-22(28)17-6-4-10-27(13-17)14-20-25-21(26-31-20)19-7-5-11-32-19/h5,7-9,11-12,17H,3-4,6,10,13-14H2,1-2H3,(H,24,28). The van der Waals surface area contributed by atoms with E-state index in [1.54, 1.807) is 30.4 Å². The zero-order valence-corrected chi connectivity index (χ0v) is 19.0. The summed E-state index contributed by atoms with van der Waals surface area (Å²) >= 11 is 1.57. The van der Waals surface area contributed by atoms with E-state index in [1.165, 1.54) is 0 Å². The van der Waals surface area contributed by atoms with Crippen molar-refractivity contribution in [1.29, 1.82) is 0 Å². The van der Waals surface area contributed by atoms with Crippen LogP contribution in [0.25, 0.3) is 10.7 Å². The highest BCUT2D eigenvalue weighted by Crippen LogP contribution is 2.24. The maximum absolute atomic E-state index is 13.0. The number of carbonyl (C=O) groups is 2. The van der Waals surface area contributed by atoms with Crippen molar-refractivity contribution in [3.05, 3.63) is 52.7 Å². The van der Waals surface area contributed by atoms with Crippen LogP contribution >= 0.6 is 11.3 Å². The molecule has 1 amide bonds. The second kappa shape index (κ2) is 10.1. The summed E-state index contributed by atoms with van der Waals surface area (Å²) in [5.41, 5.74) is 1.96. The summed E-state index contributed by atoms with van der Waals surface area (Å²) in [7, 11) is 0. The first-order valence-corrected chi connectivity index (χ1v) is 11.6. The third-order valence-corrected chi connectivity index (χ3v) is 6.32. The number of esters is 1. The summed E-state index contributed by atoms with van der Waals surface area (Å²) in [5.74, 6) is 0.539. The maximum Gasteiger partial charge on any atom is 0.338 e. The Balaban J connectivity index is 1.38. The van der Waals surface area contributed by atoms with Gasteiger partial charge in [-0.1, -0.05) is 17.3 Å². The largest absolute Gasteiger partial charge is 0.462 e. The lowest BCUT2D eigenvalue weighted by Gasteiger charge is -2.31. The monoisotopic (exact) mass is 454 g/mol. The molecule has 1 aliphatic heterocycles. The lowest BCUT2D eigenvalue weighted by atomic mass is 9.96. The van der Waals surface area contributed by atoms with Crippen LogP contribution in [0, 0.1) is 12.8 Å². The molecule has 168 valence electrons. The topological polar surface area (TPSA) is 97.6 Å². The van der Waals surface area contributed by atoms with Gasteiger partial charge in [-0.25, -0.2) is 4.79 Å². The van der Waals surface area contributed by atoms with Gasteiger partial charge in [0.2, 0.25) is 17.6 Å². The molecule has 1 fully saturated rings. The number of ether oxygens (including phenoxy) is 1. The minimum atomic E-state index is -0.395. The molecule has 1 atom stereocenters. The normalized spacial score (nSPS) is 16.6. The molecule has 32 heavy (non-hydrogen) atoms. The number of carbonyl (C=O) groups excluding carboxylic acids is 2. The Bertz CT molecular complexity index is 1080. The van der Waals surface area contributed by atoms with Crippen molar-refractivity contribution in [3.63, 3.8) is 0 Å². The molecular formula is C23H26N4O4S. The number of rotatable bonds is 7. The summed E-state index contributed by atoms with van der Waals surface area (Å²) in [6, 6.07) is 9.11. The fourth-order valence-corrected chi connectivity index (χ4v) is 4.41. The maximum atomic E-state index is 13.0. The molecule has 1 unspecified atom stereocenters. The Kier molecular flexibility index (Phi) is 6.96. The number of hydrogen-bond donors (Lipinski definition) is 1. The average Bonchev–Trinajstić information content (AvgIpc) is 3.48. The van der Waals surface area contributed by atoms with Crippen molar-refractivity contribution < 1.29 is 18.8 Å². The molecule has 1 aromatic carbocycles. The van der Waals surface area contributed by atoms with Crippen LogP contribution in [-0.2, 0) is 16.1 Å². The van der Waals surface area contributed by atoms with Crippen molar-refractivity contribution >= 4 is 28.9 Å². The number of anilines is 1. The van der Waals surface area contributed by atoms with E-state index < -0.39 is 5.97 Å². The smallest absolute Gasteiger partial charge is 0.338 e.